The predicted octanol–water partition coefficient (Wildman–Crippen LogP) is 5.06. The molecule has 0 radical (unpaired) electrons. The molecular formula is C27H26N6O. The number of aromatic nitrogens is 5. The highest BCUT2D eigenvalue weighted by molar-refractivity contribution is 6.13. The Labute approximate surface area is 198 Å². The van der Waals surface area contributed by atoms with E-state index in [9.17, 15) is 4.79 Å². The van der Waals surface area contributed by atoms with Gasteiger partial charge in [0, 0.05) is 35.6 Å². The second-order valence-electron chi connectivity index (χ2n) is 8.61. The van der Waals surface area contributed by atoms with Crippen molar-refractivity contribution < 1.29 is 4.79 Å². The van der Waals surface area contributed by atoms with Gasteiger partial charge in [-0.05, 0) is 56.7 Å². The molecule has 0 fully saturated rings. The third-order valence-corrected chi connectivity index (χ3v) is 5.87. The summed E-state index contributed by atoms with van der Waals surface area (Å²) in [6.45, 7) is 6.62. The highest BCUT2D eigenvalue weighted by Gasteiger charge is 2.16. The second kappa shape index (κ2) is 8.59. The molecule has 0 aliphatic heterocycles. The molecule has 0 unspecified atom stereocenters. The van der Waals surface area contributed by atoms with Crippen molar-refractivity contribution in [2.24, 2.45) is 7.05 Å². The summed E-state index contributed by atoms with van der Waals surface area (Å²) >= 11 is 0. The first-order valence-electron chi connectivity index (χ1n) is 11.2. The quantitative estimate of drug-likeness (QED) is 0.406. The number of para-hydroxylation sites is 1. The number of fused-ring (bicyclic) bond motifs is 1. The first kappa shape index (κ1) is 21.6. The molecule has 0 aliphatic carbocycles. The molecule has 0 aliphatic rings. The summed E-state index contributed by atoms with van der Waals surface area (Å²) in [6.07, 6.45) is 1.93. The van der Waals surface area contributed by atoms with Crippen molar-refractivity contribution in [1.82, 2.24) is 24.5 Å². The van der Waals surface area contributed by atoms with Crippen molar-refractivity contribution in [3.63, 3.8) is 0 Å². The van der Waals surface area contributed by atoms with E-state index in [1.54, 1.807) is 4.68 Å². The molecule has 0 saturated carbocycles. The number of rotatable bonds is 5. The molecule has 0 bridgehead atoms. The van der Waals surface area contributed by atoms with Crippen LogP contribution in [0.2, 0.25) is 0 Å². The van der Waals surface area contributed by atoms with Gasteiger partial charge in [0.25, 0.3) is 5.91 Å². The third kappa shape index (κ3) is 4.20. The van der Waals surface area contributed by atoms with E-state index in [4.69, 9.17) is 4.98 Å². The Morgan fingerprint density at radius 3 is 2.53 bits per heavy atom. The number of aryl methyl sites for hydroxylation is 4. The summed E-state index contributed by atoms with van der Waals surface area (Å²) < 4.78 is 3.73. The van der Waals surface area contributed by atoms with Crippen LogP contribution < -0.4 is 5.32 Å². The lowest BCUT2D eigenvalue weighted by molar-refractivity contribution is 0.102. The van der Waals surface area contributed by atoms with Crippen LogP contribution >= 0.6 is 0 Å². The summed E-state index contributed by atoms with van der Waals surface area (Å²) in [6, 6.07) is 19.5. The van der Waals surface area contributed by atoms with E-state index >= 15 is 0 Å². The standard InChI is InChI=1S/C27H26N6O/c1-17-12-18(2)33(30-17)15-20-8-7-9-21(13-20)28-27(34)23-14-26(24-16-32(4)31-19(24)3)29-25-11-6-5-10-22(23)25/h5-14,16H,15H2,1-4H3,(H,28,34). The Morgan fingerprint density at radius 1 is 0.971 bits per heavy atom. The number of hydrogen-bond acceptors (Lipinski definition) is 4. The minimum Gasteiger partial charge on any atom is -0.322 e. The molecule has 7 nitrogen and oxygen atoms in total. The van der Waals surface area contributed by atoms with Gasteiger partial charge in [0.1, 0.15) is 0 Å². The Hall–Kier alpha value is -4.26. The summed E-state index contributed by atoms with van der Waals surface area (Å²) in [5, 5.41) is 12.9. The van der Waals surface area contributed by atoms with E-state index in [-0.39, 0.29) is 5.91 Å². The zero-order valence-electron chi connectivity index (χ0n) is 19.7. The smallest absolute Gasteiger partial charge is 0.256 e. The predicted molar refractivity (Wildman–Crippen MR) is 134 cm³/mol. The Kier molecular flexibility index (Phi) is 5.45. The van der Waals surface area contributed by atoms with E-state index in [2.05, 4.69) is 21.6 Å². The van der Waals surface area contributed by atoms with E-state index < -0.39 is 0 Å². The van der Waals surface area contributed by atoms with Crippen LogP contribution in [-0.2, 0) is 13.6 Å². The van der Waals surface area contributed by atoms with Gasteiger partial charge in [-0.25, -0.2) is 4.98 Å². The highest BCUT2D eigenvalue weighted by atomic mass is 16.1. The maximum absolute atomic E-state index is 13.5. The highest BCUT2D eigenvalue weighted by Crippen LogP contribution is 2.27. The van der Waals surface area contributed by atoms with Gasteiger partial charge >= 0.3 is 0 Å². The van der Waals surface area contributed by atoms with Gasteiger partial charge in [-0.2, -0.15) is 10.2 Å². The van der Waals surface area contributed by atoms with Gasteiger partial charge in [-0.15, -0.1) is 0 Å². The molecule has 3 aromatic heterocycles. The topological polar surface area (TPSA) is 77.6 Å². The van der Waals surface area contributed by atoms with Crippen molar-refractivity contribution >= 4 is 22.5 Å². The number of nitrogens with one attached hydrogen (secondary N) is 1. The number of carbonyl (C=O) groups excluding carboxylic acids is 1. The van der Waals surface area contributed by atoms with Crippen LogP contribution in [0.1, 0.15) is 33.0 Å². The van der Waals surface area contributed by atoms with Crippen molar-refractivity contribution in [2.75, 3.05) is 5.32 Å². The summed E-state index contributed by atoms with van der Waals surface area (Å²) in [5.41, 5.74) is 7.76. The van der Waals surface area contributed by atoms with E-state index in [0.29, 0.717) is 12.1 Å². The molecule has 0 atom stereocenters. The van der Waals surface area contributed by atoms with Crippen molar-refractivity contribution in [3.05, 3.63) is 95.1 Å². The lowest BCUT2D eigenvalue weighted by Gasteiger charge is -2.12. The number of carbonyl (C=O) groups is 1. The van der Waals surface area contributed by atoms with Gasteiger partial charge in [0.2, 0.25) is 0 Å². The molecule has 34 heavy (non-hydrogen) atoms. The first-order chi connectivity index (χ1) is 16.4. The van der Waals surface area contributed by atoms with Crippen molar-refractivity contribution in [2.45, 2.75) is 27.3 Å². The second-order valence-corrected chi connectivity index (χ2v) is 8.61. The van der Waals surface area contributed by atoms with Gasteiger partial charge in [-0.3, -0.25) is 14.2 Å². The van der Waals surface area contributed by atoms with Gasteiger partial charge in [0.15, 0.2) is 0 Å². The molecule has 7 heteroatoms. The summed E-state index contributed by atoms with van der Waals surface area (Å²) in [5.74, 6) is -0.176. The first-order valence-corrected chi connectivity index (χ1v) is 11.2. The largest absolute Gasteiger partial charge is 0.322 e. The average molecular weight is 451 g/mol. The molecule has 1 N–H and O–H groups in total. The lowest BCUT2D eigenvalue weighted by atomic mass is 10.0. The fraction of sp³-hybridized carbons (Fsp3) is 0.185. The fourth-order valence-electron chi connectivity index (χ4n) is 4.31. The van der Waals surface area contributed by atoms with Crippen LogP contribution in [0.25, 0.3) is 22.2 Å². The molecule has 0 spiro atoms. The molecule has 0 saturated heterocycles. The summed E-state index contributed by atoms with van der Waals surface area (Å²) in [7, 11) is 1.88. The fourth-order valence-corrected chi connectivity index (χ4v) is 4.31. The molecule has 170 valence electrons. The number of benzene rings is 2. The average Bonchev–Trinajstić information content (AvgIpc) is 3.31. The SMILES string of the molecule is Cc1cc(C)n(Cc2cccc(NC(=O)c3cc(-c4cn(C)nc4C)nc4ccccc34)c2)n1. The van der Waals surface area contributed by atoms with Gasteiger partial charge < -0.3 is 5.32 Å². The number of pyridine rings is 1. The maximum Gasteiger partial charge on any atom is 0.256 e. The monoisotopic (exact) mass is 450 g/mol. The van der Waals surface area contributed by atoms with E-state index in [0.717, 1.165) is 50.5 Å². The van der Waals surface area contributed by atoms with Gasteiger partial charge in [-0.1, -0.05) is 30.3 Å². The summed E-state index contributed by atoms with van der Waals surface area (Å²) in [4.78, 5) is 18.2. The zero-order chi connectivity index (χ0) is 23.8. The molecule has 3 heterocycles. The van der Waals surface area contributed by atoms with E-state index in [1.807, 2.05) is 93.3 Å². The zero-order valence-corrected chi connectivity index (χ0v) is 19.7. The van der Waals surface area contributed by atoms with Crippen LogP contribution in [-0.4, -0.2) is 30.5 Å². The minimum atomic E-state index is -0.176. The Bertz CT molecular complexity index is 1530. The van der Waals surface area contributed by atoms with Crippen LogP contribution in [0, 0.1) is 20.8 Å². The minimum absolute atomic E-state index is 0.176. The third-order valence-electron chi connectivity index (χ3n) is 5.87. The number of anilines is 1. The number of nitrogens with zero attached hydrogens (tertiary/aromatic N) is 5. The Balaban J connectivity index is 1.48. The number of amides is 1. The maximum atomic E-state index is 13.5. The van der Waals surface area contributed by atoms with Crippen LogP contribution in [0.3, 0.4) is 0 Å². The van der Waals surface area contributed by atoms with Crippen LogP contribution in [0.15, 0.2) is 66.9 Å². The molecule has 5 rings (SSSR count). The van der Waals surface area contributed by atoms with E-state index in [1.165, 1.54) is 0 Å². The molecule has 5 aromatic rings. The van der Waals surface area contributed by atoms with Crippen molar-refractivity contribution in [1.29, 1.82) is 0 Å². The van der Waals surface area contributed by atoms with Gasteiger partial charge in [0.05, 0.1) is 34.7 Å². The van der Waals surface area contributed by atoms with Crippen LogP contribution in [0.4, 0.5) is 5.69 Å². The molecule has 2 aromatic carbocycles. The number of hydrogen-bond donors (Lipinski definition) is 1. The van der Waals surface area contributed by atoms with Crippen molar-refractivity contribution in [3.8, 4) is 11.3 Å². The Morgan fingerprint density at radius 2 is 1.79 bits per heavy atom. The molecule has 1 amide bonds. The normalized spacial score (nSPS) is 11.2. The van der Waals surface area contributed by atoms with Crippen LogP contribution in [0.5, 0.6) is 0 Å². The lowest BCUT2D eigenvalue weighted by Crippen LogP contribution is -2.13. The molecular weight excluding hydrogens is 424 g/mol.